The first kappa shape index (κ1) is 11.6. The average molecular weight is 284 g/mol. The van der Waals surface area contributed by atoms with Crippen molar-refractivity contribution in [3.63, 3.8) is 0 Å². The van der Waals surface area contributed by atoms with Crippen molar-refractivity contribution in [1.82, 2.24) is 0 Å². The van der Waals surface area contributed by atoms with E-state index in [2.05, 4.69) is 15.9 Å². The Labute approximate surface area is 103 Å². The third kappa shape index (κ3) is 1.76. The normalized spacial score (nSPS) is 23.1. The lowest BCUT2D eigenvalue weighted by Crippen LogP contribution is -2.35. The second kappa shape index (κ2) is 4.18. The van der Waals surface area contributed by atoms with Gasteiger partial charge in [-0.2, -0.15) is 0 Å². The number of benzene rings is 1. The van der Waals surface area contributed by atoms with E-state index >= 15 is 0 Å². The first-order valence-corrected chi connectivity index (χ1v) is 6.08. The van der Waals surface area contributed by atoms with Gasteiger partial charge in [-0.25, -0.2) is 0 Å². The van der Waals surface area contributed by atoms with Crippen molar-refractivity contribution in [1.29, 1.82) is 0 Å². The predicted molar refractivity (Wildman–Crippen MR) is 65.4 cm³/mol. The second-order valence-electron chi connectivity index (χ2n) is 4.32. The van der Waals surface area contributed by atoms with Gasteiger partial charge < -0.3 is 10.8 Å². The van der Waals surface area contributed by atoms with Gasteiger partial charge in [0.2, 0.25) is 0 Å². The molecule has 4 heteroatoms. The van der Waals surface area contributed by atoms with Crippen LogP contribution < -0.4 is 5.73 Å². The van der Waals surface area contributed by atoms with E-state index in [-0.39, 0.29) is 11.8 Å². The molecule has 0 fully saturated rings. The minimum atomic E-state index is -0.779. The van der Waals surface area contributed by atoms with Crippen LogP contribution in [0.4, 0.5) is 0 Å². The molecule has 86 valence electrons. The standard InChI is InChI=1S/C12H14BrNO2/c13-10-3-1-2-9-8(10)4-5-12(9,7-14)6-11(15)16/h1-3H,4-7,14H2,(H,15,16). The van der Waals surface area contributed by atoms with Gasteiger partial charge >= 0.3 is 5.97 Å². The quantitative estimate of drug-likeness (QED) is 0.893. The number of aliphatic carboxylic acids is 1. The van der Waals surface area contributed by atoms with Crippen LogP contribution in [-0.2, 0) is 16.6 Å². The van der Waals surface area contributed by atoms with Crippen LogP contribution in [0.2, 0.25) is 0 Å². The van der Waals surface area contributed by atoms with Gasteiger partial charge in [-0.3, -0.25) is 4.79 Å². The molecule has 3 N–H and O–H groups in total. The molecule has 1 atom stereocenters. The highest BCUT2D eigenvalue weighted by molar-refractivity contribution is 9.10. The number of carbonyl (C=O) groups is 1. The Morgan fingerprint density at radius 1 is 1.56 bits per heavy atom. The number of nitrogens with two attached hydrogens (primary N) is 1. The van der Waals surface area contributed by atoms with E-state index in [0.717, 1.165) is 22.9 Å². The Morgan fingerprint density at radius 2 is 2.31 bits per heavy atom. The highest BCUT2D eigenvalue weighted by Gasteiger charge is 2.39. The monoisotopic (exact) mass is 283 g/mol. The molecule has 2 rings (SSSR count). The molecule has 0 saturated heterocycles. The maximum Gasteiger partial charge on any atom is 0.304 e. The maximum absolute atomic E-state index is 10.9. The van der Waals surface area contributed by atoms with Gasteiger partial charge in [0.05, 0.1) is 6.42 Å². The van der Waals surface area contributed by atoms with Crippen LogP contribution in [0.1, 0.15) is 24.0 Å². The van der Waals surface area contributed by atoms with Crippen molar-refractivity contribution in [2.75, 3.05) is 6.54 Å². The van der Waals surface area contributed by atoms with Crippen LogP contribution in [0.15, 0.2) is 22.7 Å². The Morgan fingerprint density at radius 3 is 2.94 bits per heavy atom. The smallest absolute Gasteiger partial charge is 0.304 e. The van der Waals surface area contributed by atoms with Crippen molar-refractivity contribution in [3.05, 3.63) is 33.8 Å². The highest BCUT2D eigenvalue weighted by atomic mass is 79.9. The summed E-state index contributed by atoms with van der Waals surface area (Å²) in [6.45, 7) is 0.392. The summed E-state index contributed by atoms with van der Waals surface area (Å²) < 4.78 is 1.06. The van der Waals surface area contributed by atoms with Gasteiger partial charge in [0.25, 0.3) is 0 Å². The summed E-state index contributed by atoms with van der Waals surface area (Å²) in [5.41, 5.74) is 7.75. The lowest BCUT2D eigenvalue weighted by Gasteiger charge is -2.26. The van der Waals surface area contributed by atoms with Gasteiger partial charge in [0.1, 0.15) is 0 Å². The maximum atomic E-state index is 10.9. The van der Waals surface area contributed by atoms with Gasteiger partial charge in [0.15, 0.2) is 0 Å². The zero-order valence-corrected chi connectivity index (χ0v) is 10.5. The fourth-order valence-electron chi connectivity index (χ4n) is 2.57. The average Bonchev–Trinajstić information content (AvgIpc) is 2.59. The minimum absolute atomic E-state index is 0.118. The molecule has 0 aliphatic heterocycles. The molecule has 1 aliphatic rings. The highest BCUT2D eigenvalue weighted by Crippen LogP contribution is 2.43. The molecule has 0 heterocycles. The van der Waals surface area contributed by atoms with Crippen LogP contribution in [0.25, 0.3) is 0 Å². The summed E-state index contributed by atoms with van der Waals surface area (Å²) in [5, 5.41) is 9.00. The molecule has 0 aromatic heterocycles. The van der Waals surface area contributed by atoms with Crippen molar-refractivity contribution < 1.29 is 9.90 Å². The summed E-state index contributed by atoms with van der Waals surface area (Å²) in [5.74, 6) is -0.779. The summed E-state index contributed by atoms with van der Waals surface area (Å²) in [7, 11) is 0. The van der Waals surface area contributed by atoms with E-state index in [4.69, 9.17) is 10.8 Å². The van der Waals surface area contributed by atoms with E-state index in [1.807, 2.05) is 18.2 Å². The van der Waals surface area contributed by atoms with E-state index in [9.17, 15) is 4.79 Å². The Kier molecular flexibility index (Phi) is 3.04. The van der Waals surface area contributed by atoms with Crippen LogP contribution in [-0.4, -0.2) is 17.6 Å². The first-order valence-electron chi connectivity index (χ1n) is 5.29. The van der Waals surface area contributed by atoms with E-state index in [1.54, 1.807) is 0 Å². The lowest BCUT2D eigenvalue weighted by atomic mass is 9.79. The fourth-order valence-corrected chi connectivity index (χ4v) is 3.13. The number of carboxylic acids is 1. The van der Waals surface area contributed by atoms with Crippen LogP contribution >= 0.6 is 15.9 Å². The SMILES string of the molecule is NCC1(CC(=O)O)CCc2c(Br)cccc21. The van der Waals surface area contributed by atoms with Gasteiger partial charge in [-0.1, -0.05) is 28.1 Å². The predicted octanol–water partition coefficient (Wildman–Crippen LogP) is 2.07. The first-order chi connectivity index (χ1) is 7.59. The molecule has 0 bridgehead atoms. The number of carboxylic acid groups (broad SMARTS) is 1. The number of hydrogen-bond acceptors (Lipinski definition) is 2. The third-order valence-corrected chi connectivity index (χ3v) is 4.17. The van der Waals surface area contributed by atoms with Crippen molar-refractivity contribution in [2.24, 2.45) is 5.73 Å². The summed E-state index contributed by atoms with van der Waals surface area (Å²) in [6.07, 6.45) is 1.85. The molecule has 0 radical (unpaired) electrons. The van der Waals surface area contributed by atoms with E-state index in [1.165, 1.54) is 5.56 Å². The molecular weight excluding hydrogens is 270 g/mol. The zero-order valence-electron chi connectivity index (χ0n) is 8.87. The van der Waals surface area contributed by atoms with Crippen molar-refractivity contribution in [3.8, 4) is 0 Å². The summed E-state index contributed by atoms with van der Waals surface area (Å²) in [4.78, 5) is 10.9. The van der Waals surface area contributed by atoms with E-state index in [0.29, 0.717) is 6.54 Å². The van der Waals surface area contributed by atoms with Gasteiger partial charge in [0, 0.05) is 16.4 Å². The molecule has 16 heavy (non-hydrogen) atoms. The van der Waals surface area contributed by atoms with Crippen LogP contribution in [0.5, 0.6) is 0 Å². The van der Waals surface area contributed by atoms with Crippen molar-refractivity contribution in [2.45, 2.75) is 24.7 Å². The molecule has 1 aromatic carbocycles. The summed E-state index contributed by atoms with van der Waals surface area (Å²) >= 11 is 3.51. The van der Waals surface area contributed by atoms with Gasteiger partial charge in [-0.15, -0.1) is 0 Å². The molecule has 3 nitrogen and oxygen atoms in total. The number of halogens is 1. The lowest BCUT2D eigenvalue weighted by molar-refractivity contribution is -0.138. The second-order valence-corrected chi connectivity index (χ2v) is 5.18. The molecule has 1 aliphatic carbocycles. The third-order valence-electron chi connectivity index (χ3n) is 3.42. The molecule has 1 aromatic rings. The Hall–Kier alpha value is -0.870. The molecule has 0 saturated carbocycles. The van der Waals surface area contributed by atoms with Crippen LogP contribution in [0.3, 0.4) is 0 Å². The number of hydrogen-bond donors (Lipinski definition) is 2. The van der Waals surface area contributed by atoms with Gasteiger partial charge in [-0.05, 0) is 30.0 Å². The van der Waals surface area contributed by atoms with Crippen molar-refractivity contribution >= 4 is 21.9 Å². The summed E-state index contributed by atoms with van der Waals surface area (Å²) in [6, 6.07) is 5.94. The Bertz CT molecular complexity index is 433. The fraction of sp³-hybridized carbons (Fsp3) is 0.417. The minimum Gasteiger partial charge on any atom is -0.481 e. The Balaban J connectivity index is 2.47. The molecule has 0 amide bonds. The largest absolute Gasteiger partial charge is 0.481 e. The zero-order chi connectivity index (χ0) is 11.8. The topological polar surface area (TPSA) is 63.3 Å². The number of fused-ring (bicyclic) bond motifs is 1. The molecular formula is C12H14BrNO2. The molecule has 1 unspecified atom stereocenters. The van der Waals surface area contributed by atoms with Crippen LogP contribution in [0, 0.1) is 0 Å². The van der Waals surface area contributed by atoms with E-state index < -0.39 is 5.97 Å². The number of rotatable bonds is 3. The molecule has 0 spiro atoms.